The van der Waals surface area contributed by atoms with Gasteiger partial charge in [-0.25, -0.2) is 13.1 Å². The fourth-order valence-corrected chi connectivity index (χ4v) is 3.97. The first-order valence-electron chi connectivity index (χ1n) is 10.5. The van der Waals surface area contributed by atoms with E-state index in [0.29, 0.717) is 31.7 Å². The van der Waals surface area contributed by atoms with Gasteiger partial charge in [0, 0.05) is 25.1 Å². The quantitative estimate of drug-likeness (QED) is 0.361. The number of anilines is 1. The van der Waals surface area contributed by atoms with Crippen LogP contribution in [0.15, 0.2) is 59.5 Å². The molecule has 8 heteroatoms. The van der Waals surface area contributed by atoms with E-state index in [1.165, 1.54) is 17.7 Å². The van der Waals surface area contributed by atoms with Gasteiger partial charge in [-0.1, -0.05) is 37.3 Å². The van der Waals surface area contributed by atoms with Crippen LogP contribution in [0.1, 0.15) is 44.6 Å². The summed E-state index contributed by atoms with van der Waals surface area (Å²) in [7, 11) is -3.53. The lowest BCUT2D eigenvalue weighted by atomic mass is 10.1. The molecule has 1 amide bonds. The second-order valence-corrected chi connectivity index (χ2v) is 8.90. The lowest BCUT2D eigenvalue weighted by molar-refractivity contribution is -0.143. The van der Waals surface area contributed by atoms with Gasteiger partial charge in [-0.3, -0.25) is 9.59 Å². The van der Waals surface area contributed by atoms with Crippen LogP contribution in [0.2, 0.25) is 0 Å². The number of nitrogens with one attached hydrogen (secondary N) is 2. The van der Waals surface area contributed by atoms with E-state index >= 15 is 0 Å². The van der Waals surface area contributed by atoms with Crippen LogP contribution in [-0.4, -0.2) is 33.4 Å². The molecule has 0 bridgehead atoms. The van der Waals surface area contributed by atoms with Crippen LogP contribution in [0.3, 0.4) is 0 Å². The summed E-state index contributed by atoms with van der Waals surface area (Å²) < 4.78 is 31.8. The van der Waals surface area contributed by atoms with E-state index in [0.717, 1.165) is 12.8 Å². The zero-order chi connectivity index (χ0) is 22.5. The van der Waals surface area contributed by atoms with Crippen molar-refractivity contribution >= 4 is 27.6 Å². The minimum Gasteiger partial charge on any atom is -0.466 e. The number of amides is 1. The van der Waals surface area contributed by atoms with Crippen molar-refractivity contribution in [3.8, 4) is 0 Å². The lowest BCUT2D eigenvalue weighted by Crippen LogP contribution is -2.24. The first kappa shape index (κ1) is 24.6. The van der Waals surface area contributed by atoms with E-state index in [-0.39, 0.29) is 29.6 Å². The molecule has 0 aliphatic carbocycles. The number of hydrogen-bond donors (Lipinski definition) is 2. The second kappa shape index (κ2) is 12.9. The Morgan fingerprint density at radius 2 is 1.65 bits per heavy atom. The molecule has 0 unspecified atom stereocenters. The van der Waals surface area contributed by atoms with Gasteiger partial charge < -0.3 is 10.1 Å². The largest absolute Gasteiger partial charge is 0.466 e. The number of benzene rings is 2. The Bertz CT molecular complexity index is 928. The molecule has 0 saturated heterocycles. The predicted octanol–water partition coefficient (Wildman–Crippen LogP) is 3.66. The number of carbonyl (C=O) groups excluding carboxylic acids is 2. The van der Waals surface area contributed by atoms with Crippen molar-refractivity contribution < 1.29 is 22.7 Å². The molecule has 2 aromatic rings. The molecular weight excluding hydrogens is 416 g/mol. The Morgan fingerprint density at radius 1 is 0.935 bits per heavy atom. The summed E-state index contributed by atoms with van der Waals surface area (Å²) in [6.45, 7) is 2.62. The van der Waals surface area contributed by atoms with Gasteiger partial charge in [-0.15, -0.1) is 0 Å². The highest BCUT2D eigenvalue weighted by Gasteiger charge is 2.13. The minimum absolute atomic E-state index is 0.147. The fraction of sp³-hybridized carbons (Fsp3) is 0.391. The molecule has 0 saturated carbocycles. The third kappa shape index (κ3) is 9.31. The van der Waals surface area contributed by atoms with Crippen LogP contribution >= 0.6 is 0 Å². The first-order valence-corrected chi connectivity index (χ1v) is 12.0. The highest BCUT2D eigenvalue weighted by Crippen LogP contribution is 2.14. The molecule has 2 rings (SSSR count). The summed E-state index contributed by atoms with van der Waals surface area (Å²) in [6, 6.07) is 16.0. The average molecular weight is 447 g/mol. The van der Waals surface area contributed by atoms with Gasteiger partial charge in [0.1, 0.15) is 0 Å². The zero-order valence-electron chi connectivity index (χ0n) is 17.8. The molecule has 0 heterocycles. The molecule has 0 aliphatic rings. The maximum Gasteiger partial charge on any atom is 0.305 e. The molecule has 168 valence electrons. The monoisotopic (exact) mass is 446 g/mol. The van der Waals surface area contributed by atoms with Crippen molar-refractivity contribution in [2.45, 2.75) is 50.3 Å². The number of sulfonamides is 1. The van der Waals surface area contributed by atoms with Crippen molar-refractivity contribution in [1.29, 1.82) is 0 Å². The Hall–Kier alpha value is -2.71. The molecule has 0 atom stereocenters. The maximum atomic E-state index is 12.1. The molecule has 2 aromatic carbocycles. The van der Waals surface area contributed by atoms with Gasteiger partial charge in [-0.05, 0) is 55.5 Å². The molecule has 7 nitrogen and oxygen atoms in total. The van der Waals surface area contributed by atoms with Crippen LogP contribution in [0.25, 0.3) is 0 Å². The molecule has 0 aliphatic heterocycles. The van der Waals surface area contributed by atoms with Crippen LogP contribution < -0.4 is 10.0 Å². The van der Waals surface area contributed by atoms with Gasteiger partial charge in [0.15, 0.2) is 0 Å². The maximum absolute atomic E-state index is 12.1. The molecule has 0 aromatic heterocycles. The molecule has 2 N–H and O–H groups in total. The van der Waals surface area contributed by atoms with Crippen molar-refractivity contribution in [2.24, 2.45) is 0 Å². The number of aryl methyl sites for hydroxylation is 1. The Kier molecular flexibility index (Phi) is 10.2. The summed E-state index contributed by atoms with van der Waals surface area (Å²) in [4.78, 5) is 24.0. The van der Waals surface area contributed by atoms with E-state index in [1.54, 1.807) is 12.1 Å². The smallest absolute Gasteiger partial charge is 0.305 e. The summed E-state index contributed by atoms with van der Waals surface area (Å²) in [5.41, 5.74) is 1.71. The van der Waals surface area contributed by atoms with Gasteiger partial charge in [0.25, 0.3) is 0 Å². The van der Waals surface area contributed by atoms with E-state index < -0.39 is 10.0 Å². The predicted molar refractivity (Wildman–Crippen MR) is 120 cm³/mol. The van der Waals surface area contributed by atoms with Crippen molar-refractivity contribution in [3.05, 3.63) is 60.2 Å². The first-order chi connectivity index (χ1) is 14.9. The third-order valence-electron chi connectivity index (χ3n) is 4.49. The topological polar surface area (TPSA) is 102 Å². The van der Waals surface area contributed by atoms with Gasteiger partial charge in [0.2, 0.25) is 15.9 Å². The van der Waals surface area contributed by atoms with Crippen LogP contribution in [0, 0.1) is 0 Å². The number of esters is 1. The third-order valence-corrected chi connectivity index (χ3v) is 5.97. The summed E-state index contributed by atoms with van der Waals surface area (Å²) in [6.07, 6.45) is 3.06. The Labute approximate surface area is 184 Å². The van der Waals surface area contributed by atoms with Crippen molar-refractivity contribution in [3.63, 3.8) is 0 Å². The van der Waals surface area contributed by atoms with Gasteiger partial charge in [-0.2, -0.15) is 0 Å². The fourth-order valence-electron chi connectivity index (χ4n) is 2.83. The zero-order valence-corrected chi connectivity index (χ0v) is 18.6. The summed E-state index contributed by atoms with van der Waals surface area (Å²) in [5.74, 6) is -0.549. The Balaban J connectivity index is 1.63. The van der Waals surface area contributed by atoms with E-state index in [2.05, 4.69) is 10.0 Å². The molecular formula is C23H30N2O5S. The highest BCUT2D eigenvalue weighted by molar-refractivity contribution is 7.89. The second-order valence-electron chi connectivity index (χ2n) is 7.13. The molecule has 0 radical (unpaired) electrons. The number of ether oxygens (including phenoxy) is 1. The average Bonchev–Trinajstić information content (AvgIpc) is 2.76. The van der Waals surface area contributed by atoms with Crippen LogP contribution in [-0.2, 0) is 30.8 Å². The van der Waals surface area contributed by atoms with Crippen molar-refractivity contribution in [2.75, 3.05) is 18.5 Å². The standard InChI is InChI=1S/C23H30N2O5S/c1-2-17-24-31(28,29)21-15-13-20(14-16-21)25-22(26)11-6-12-23(27)30-18-7-10-19-8-4-3-5-9-19/h3-5,8-9,13-16,24H,2,6-7,10-12,17-18H2,1H3,(H,25,26). The lowest BCUT2D eigenvalue weighted by Gasteiger charge is -2.08. The van der Waals surface area contributed by atoms with Crippen molar-refractivity contribution in [1.82, 2.24) is 4.72 Å². The molecule has 31 heavy (non-hydrogen) atoms. The van der Waals surface area contributed by atoms with Crippen LogP contribution in [0.4, 0.5) is 5.69 Å². The number of carbonyl (C=O) groups is 2. The normalized spacial score (nSPS) is 11.1. The highest BCUT2D eigenvalue weighted by atomic mass is 32.2. The van der Waals surface area contributed by atoms with E-state index in [9.17, 15) is 18.0 Å². The van der Waals surface area contributed by atoms with Gasteiger partial charge >= 0.3 is 5.97 Å². The van der Waals surface area contributed by atoms with E-state index in [1.807, 2.05) is 37.3 Å². The van der Waals surface area contributed by atoms with Gasteiger partial charge in [0.05, 0.1) is 11.5 Å². The summed E-state index contributed by atoms with van der Waals surface area (Å²) >= 11 is 0. The number of hydrogen-bond acceptors (Lipinski definition) is 5. The molecule has 0 spiro atoms. The minimum atomic E-state index is -3.53. The SMILES string of the molecule is CCCNS(=O)(=O)c1ccc(NC(=O)CCCC(=O)OCCCc2ccccc2)cc1. The summed E-state index contributed by atoms with van der Waals surface area (Å²) in [5, 5.41) is 2.70. The van der Waals surface area contributed by atoms with Crippen LogP contribution in [0.5, 0.6) is 0 Å². The Morgan fingerprint density at radius 3 is 2.32 bits per heavy atom. The van der Waals surface area contributed by atoms with E-state index in [4.69, 9.17) is 4.74 Å². The number of rotatable bonds is 13. The molecule has 0 fully saturated rings.